The maximum Gasteiger partial charge on any atom is 0.327 e. The number of nitrogens with zero attached hydrogens (tertiary/aromatic N) is 7. The Bertz CT molecular complexity index is 6170. The molecule has 796 valence electrons. The first-order valence-electron chi connectivity index (χ1n) is 54.0. The average Bonchev–Trinajstić information content (AvgIpc) is 1.55. The summed E-state index contributed by atoms with van der Waals surface area (Å²) in [6.45, 7) is 29.6. The summed E-state index contributed by atoms with van der Waals surface area (Å²) in [7, 11) is 1.97. The van der Waals surface area contributed by atoms with Crippen molar-refractivity contribution in [3.63, 3.8) is 0 Å². The predicted molar refractivity (Wildman–Crippen MR) is 604 cm³/mol. The van der Waals surface area contributed by atoms with Gasteiger partial charge in [-0.1, -0.05) is 301 Å². The second-order valence-electron chi connectivity index (χ2n) is 42.5. The summed E-state index contributed by atoms with van der Waals surface area (Å²) in [6, 6.07) is 59.0. The number of aliphatic carboxylic acids is 1. The van der Waals surface area contributed by atoms with E-state index in [-0.39, 0.29) is 52.8 Å². The molecule has 1 saturated heterocycles. The van der Waals surface area contributed by atoms with Crippen molar-refractivity contribution in [3.05, 3.63) is 279 Å². The monoisotopic (exact) mass is 2070 g/mol. The van der Waals surface area contributed by atoms with Crippen LogP contribution in [-0.2, 0) is 54.7 Å². The Hall–Kier alpha value is -13.2. The molecule has 14 rings (SSSR count). The number of carboxylic acid groups (broad SMARTS) is 1. The van der Waals surface area contributed by atoms with Gasteiger partial charge in [0.15, 0.2) is 17.5 Å². The number of unbranched alkanes of at least 4 members (excludes halogenated alkanes) is 12. The SMILES string of the molecule is CCCCCCCOc1ccc(-c2cnc(-c3ccc(C[C@H](NC(=O)c4ccc(C(C)(C)C)cc4)C(=O)N[C@H](CN)C(=O)O)cc3)nc2)cc1.CCCCCCCOc1ccc(-c2cnc(-c3ccc(C[C@H](NC(=O)c4ccc(C(C)(C)C)s4)C(=O)N4CCC(NC)CC4)cc3)nc2)cc1.CCCCCCCOc1ccc(-c2cnc(-c3ccc(C[C@H](NC(=O)c4ccc(C(C)(C)C)s4)C(=O)NCC4CCCCC4)cc3)nc2)cc1. The van der Waals surface area contributed by atoms with Crippen molar-refractivity contribution >= 4 is 64.1 Å². The number of ether oxygens (including phenoxy) is 3. The summed E-state index contributed by atoms with van der Waals surface area (Å²) in [5.41, 5.74) is 17.9. The minimum atomic E-state index is -1.29. The van der Waals surface area contributed by atoms with Crippen LogP contribution in [0.1, 0.15) is 286 Å². The second-order valence-corrected chi connectivity index (χ2v) is 44.6. The molecule has 25 nitrogen and oxygen atoms in total. The summed E-state index contributed by atoms with van der Waals surface area (Å²) in [4.78, 5) is 125. The molecule has 6 amide bonds. The first-order valence-corrected chi connectivity index (χ1v) is 55.6. The van der Waals surface area contributed by atoms with Gasteiger partial charge in [0, 0.05) is 137 Å². The number of rotatable bonds is 48. The molecule has 150 heavy (non-hydrogen) atoms. The van der Waals surface area contributed by atoms with Crippen molar-refractivity contribution in [2.45, 2.75) is 290 Å². The maximum absolute atomic E-state index is 13.8. The van der Waals surface area contributed by atoms with Gasteiger partial charge in [0.25, 0.3) is 17.7 Å². The average molecular weight is 2070 g/mol. The zero-order valence-electron chi connectivity index (χ0n) is 90.1. The van der Waals surface area contributed by atoms with Gasteiger partial charge < -0.3 is 61.9 Å². The lowest BCUT2D eigenvalue weighted by atomic mass is 9.86. The maximum atomic E-state index is 13.8. The Morgan fingerprint density at radius 1 is 0.380 bits per heavy atom. The van der Waals surface area contributed by atoms with Crippen molar-refractivity contribution in [2.75, 3.05) is 53.0 Å². The second kappa shape index (κ2) is 58.3. The zero-order valence-corrected chi connectivity index (χ0v) is 91.7. The highest BCUT2D eigenvalue weighted by Gasteiger charge is 2.34. The molecule has 6 heterocycles. The van der Waals surface area contributed by atoms with E-state index in [1.54, 1.807) is 24.5 Å². The van der Waals surface area contributed by atoms with E-state index in [1.807, 2.05) is 219 Å². The number of amides is 6. The van der Waals surface area contributed by atoms with Gasteiger partial charge in [-0.15, -0.1) is 22.7 Å². The number of aromatic nitrogens is 6. The van der Waals surface area contributed by atoms with Gasteiger partial charge in [-0.05, 0) is 186 Å². The summed E-state index contributed by atoms with van der Waals surface area (Å²) < 4.78 is 17.7. The smallest absolute Gasteiger partial charge is 0.327 e. The molecule has 1 aliphatic heterocycles. The van der Waals surface area contributed by atoms with Crippen LogP contribution in [0.2, 0.25) is 0 Å². The number of thiophene rings is 2. The highest BCUT2D eigenvalue weighted by atomic mass is 32.1. The predicted octanol–water partition coefficient (Wildman–Crippen LogP) is 24.0. The molecule has 1 saturated carbocycles. The number of nitrogens with two attached hydrogens (primary N) is 1. The summed E-state index contributed by atoms with van der Waals surface area (Å²) in [5, 5.41) is 27.3. The standard InChI is InChI=1S/C42H54N4O3S.C41H53N5O3S.C40H49N5O5/c1-5-6-7-8-12-25-49-35-21-19-32(20-22-35)34-28-43-39(44-29-34)33-17-15-30(16-18-33)26-36(40(47)45-27-31-13-10-9-11-14-31)46-41(48)37-23-24-38(50-37)42(2,3)4;1-6-7-8-9-10-25-49-34-17-15-30(16-18-34)32-27-43-38(44-28-32)31-13-11-29(12-14-31)26-35(40(48)46-23-21-33(42-5)22-24-46)45-39(47)36-19-20-37(50-36)41(2,3)4;1-5-6-7-8-9-22-50-33-20-16-28(17-21-33)31-25-42-36(43-26-31)29-12-10-27(11-13-29)23-34(38(47)45-35(24-41)39(48)49)44-37(46)30-14-18-32(19-15-30)40(2,3)4/h15-24,28-29,31,36H,5-14,25-27H2,1-4H3,(H,45,47)(H,46,48);11-20,27-28,33,35,42H,6-10,21-26H2,1-5H3,(H,45,47);10-21,25-26,34-35H,5-9,22-24,41H2,1-4H3,(H,44,46)(H,45,47)(H,48,49)/t36-;35-;34-,35+/m000/s1. The Morgan fingerprint density at radius 3 is 1.07 bits per heavy atom. The number of carbonyl (C=O) groups excluding carboxylic acids is 6. The topological polar surface area (TPSA) is 346 Å². The van der Waals surface area contributed by atoms with Crippen LogP contribution in [0.5, 0.6) is 17.2 Å². The minimum absolute atomic E-state index is 0.0366. The van der Waals surface area contributed by atoms with Gasteiger partial charge in [0.2, 0.25) is 17.7 Å². The van der Waals surface area contributed by atoms with E-state index in [9.17, 15) is 38.7 Å². The van der Waals surface area contributed by atoms with Crippen molar-refractivity contribution in [3.8, 4) is 84.8 Å². The number of likely N-dealkylation sites (tertiary alicyclic amines) is 1. The fraction of sp³-hybridized carbons (Fsp3) is 0.439. The first-order chi connectivity index (χ1) is 72.3. The van der Waals surface area contributed by atoms with Crippen LogP contribution in [0.4, 0.5) is 0 Å². The van der Waals surface area contributed by atoms with E-state index in [2.05, 4.69) is 145 Å². The molecular weight excluding hydrogens is 1910 g/mol. The summed E-state index contributed by atoms with van der Waals surface area (Å²) >= 11 is 2.97. The van der Waals surface area contributed by atoms with Gasteiger partial charge in [-0.25, -0.2) is 34.7 Å². The lowest BCUT2D eigenvalue weighted by Gasteiger charge is -2.34. The number of carbonyl (C=O) groups is 7. The third-order valence-electron chi connectivity index (χ3n) is 27.4. The Labute approximate surface area is 896 Å². The number of carboxylic acids is 1. The van der Waals surface area contributed by atoms with Gasteiger partial charge >= 0.3 is 5.97 Å². The highest BCUT2D eigenvalue weighted by molar-refractivity contribution is 7.14. The van der Waals surface area contributed by atoms with E-state index in [1.165, 1.54) is 119 Å². The molecule has 0 radical (unpaired) electrons. The van der Waals surface area contributed by atoms with Crippen LogP contribution < -0.4 is 51.8 Å². The number of piperidine rings is 1. The third kappa shape index (κ3) is 36.3. The van der Waals surface area contributed by atoms with Crippen molar-refractivity contribution in [1.29, 1.82) is 0 Å². The fourth-order valence-corrected chi connectivity index (χ4v) is 19.8. The van der Waals surface area contributed by atoms with Crippen molar-refractivity contribution < 1.29 is 52.9 Å². The van der Waals surface area contributed by atoms with Crippen molar-refractivity contribution in [1.82, 2.24) is 66.7 Å². The van der Waals surface area contributed by atoms with E-state index >= 15 is 0 Å². The lowest BCUT2D eigenvalue weighted by Crippen LogP contribution is -2.54. The highest BCUT2D eigenvalue weighted by Crippen LogP contribution is 2.35. The summed E-state index contributed by atoms with van der Waals surface area (Å²) in [6.07, 6.45) is 37.8. The van der Waals surface area contributed by atoms with Gasteiger partial charge in [0.05, 0.1) is 29.6 Å². The lowest BCUT2D eigenvalue weighted by molar-refractivity contribution is -0.141. The molecule has 9 N–H and O–H groups in total. The molecule has 1 aliphatic carbocycles. The van der Waals surface area contributed by atoms with Crippen LogP contribution in [-0.4, -0.2) is 165 Å². The molecule has 2 fully saturated rings. The zero-order chi connectivity index (χ0) is 107. The van der Waals surface area contributed by atoms with E-state index in [4.69, 9.17) is 19.9 Å². The van der Waals surface area contributed by atoms with Crippen molar-refractivity contribution in [2.24, 2.45) is 11.7 Å². The van der Waals surface area contributed by atoms with Gasteiger partial charge in [-0.2, -0.15) is 0 Å². The first kappa shape index (κ1) is 115. The molecular formula is C123H156N14O11S2. The van der Waals surface area contributed by atoms with Crippen LogP contribution >= 0.6 is 22.7 Å². The number of hydrogen-bond donors (Lipinski definition) is 8. The summed E-state index contributed by atoms with van der Waals surface area (Å²) in [5.74, 6) is 1.96. The molecule has 5 aromatic heterocycles. The molecule has 0 unspecified atom stereocenters. The van der Waals surface area contributed by atoms with Crippen LogP contribution in [0.15, 0.2) is 231 Å². The molecule has 4 atom stereocenters. The fourth-order valence-electron chi connectivity index (χ4n) is 17.9. The number of benzene rings is 7. The molecule has 0 spiro atoms. The van der Waals surface area contributed by atoms with E-state index in [0.717, 1.165) is 157 Å². The van der Waals surface area contributed by atoms with Crippen LogP contribution in [0.25, 0.3) is 67.5 Å². The Morgan fingerprint density at radius 2 is 0.727 bits per heavy atom. The normalized spacial score (nSPS) is 13.7. The number of hydrogen-bond acceptors (Lipinski definition) is 20. The molecule has 7 aromatic carbocycles. The minimum Gasteiger partial charge on any atom is -0.494 e. The molecule has 2 aliphatic rings. The Balaban J connectivity index is 0.000000199. The van der Waals surface area contributed by atoms with Gasteiger partial charge in [0.1, 0.15) is 41.4 Å². The van der Waals surface area contributed by atoms with Gasteiger partial charge in [-0.3, -0.25) is 28.8 Å². The largest absolute Gasteiger partial charge is 0.494 e. The third-order valence-corrected chi connectivity index (χ3v) is 30.4. The molecule has 12 aromatic rings. The van der Waals surface area contributed by atoms with Crippen LogP contribution in [0.3, 0.4) is 0 Å². The molecule has 0 bridgehead atoms. The van der Waals surface area contributed by atoms with E-state index < -0.39 is 42.0 Å². The molecule has 27 heteroatoms. The number of nitrogens with one attached hydrogen (secondary N) is 6. The van der Waals surface area contributed by atoms with E-state index in [0.29, 0.717) is 83.8 Å². The van der Waals surface area contributed by atoms with Crippen LogP contribution in [0, 0.1) is 5.92 Å². The Kier molecular flexibility index (Phi) is 44.8. The quantitative estimate of drug-likeness (QED) is 0.0164.